The van der Waals surface area contributed by atoms with Crippen molar-refractivity contribution in [3.63, 3.8) is 0 Å². The molecule has 3 rings (SSSR count). The van der Waals surface area contributed by atoms with E-state index >= 15 is 0 Å². The average molecular weight is 497 g/mol. The minimum atomic E-state index is -4.55. The number of benzene rings is 2. The summed E-state index contributed by atoms with van der Waals surface area (Å²) in [7, 11) is 1.63. The van der Waals surface area contributed by atoms with Crippen LogP contribution in [0.15, 0.2) is 48.5 Å². The molecule has 1 heterocycles. The number of carbonyl (C=O) groups is 2. The zero-order valence-corrected chi connectivity index (χ0v) is 19.9. The normalized spacial score (nSPS) is 15.9. The molecule has 0 aromatic heterocycles. The molecule has 184 valence electrons. The molecular weight excluding hydrogens is 469 g/mol. The predicted octanol–water partition coefficient (Wildman–Crippen LogP) is 3.96. The number of rotatable bonds is 7. The van der Waals surface area contributed by atoms with E-state index < -0.39 is 23.7 Å². The maximum absolute atomic E-state index is 13.0. The fraction of sp³-hybridized carbons (Fsp3) is 0.417. The standard InChI is InChI=1S/C24H28ClF3N4O2/c1-17(23(34)29-21-14-19(24(26,27)28)8-9-20(21)25)30(2)16-22(33)32-12-10-31(11-13-32)15-18-6-4-3-5-7-18/h3-9,14,17H,10-13,15-16H2,1-2H3,(H,29,34)/t17-/m1/s1. The molecule has 6 nitrogen and oxygen atoms in total. The van der Waals surface area contributed by atoms with Crippen LogP contribution in [0.1, 0.15) is 18.1 Å². The highest BCUT2D eigenvalue weighted by molar-refractivity contribution is 6.33. The quantitative estimate of drug-likeness (QED) is 0.630. The number of hydrogen-bond acceptors (Lipinski definition) is 4. The van der Waals surface area contributed by atoms with E-state index in [2.05, 4.69) is 22.3 Å². The van der Waals surface area contributed by atoms with Crippen LogP contribution in [0, 0.1) is 0 Å². The third-order valence-corrected chi connectivity index (χ3v) is 6.28. The van der Waals surface area contributed by atoms with Crippen LogP contribution in [0.2, 0.25) is 5.02 Å². The van der Waals surface area contributed by atoms with Crippen molar-refractivity contribution in [3.8, 4) is 0 Å². The van der Waals surface area contributed by atoms with Crippen molar-refractivity contribution in [2.45, 2.75) is 25.7 Å². The lowest BCUT2D eigenvalue weighted by Crippen LogP contribution is -2.52. The van der Waals surface area contributed by atoms with E-state index in [1.165, 1.54) is 5.56 Å². The van der Waals surface area contributed by atoms with Crippen molar-refractivity contribution in [2.75, 3.05) is 45.1 Å². The van der Waals surface area contributed by atoms with E-state index in [0.29, 0.717) is 13.1 Å². The highest BCUT2D eigenvalue weighted by Crippen LogP contribution is 2.33. The van der Waals surface area contributed by atoms with Gasteiger partial charge in [-0.15, -0.1) is 0 Å². The van der Waals surface area contributed by atoms with Crippen molar-refractivity contribution >= 4 is 29.1 Å². The first-order valence-corrected chi connectivity index (χ1v) is 11.3. The summed E-state index contributed by atoms with van der Waals surface area (Å²) >= 11 is 5.96. The summed E-state index contributed by atoms with van der Waals surface area (Å²) in [6.07, 6.45) is -4.55. The number of halogens is 4. The summed E-state index contributed by atoms with van der Waals surface area (Å²) < 4.78 is 38.9. The summed E-state index contributed by atoms with van der Waals surface area (Å²) in [4.78, 5) is 31.0. The number of carbonyl (C=O) groups excluding carboxylic acids is 2. The molecule has 34 heavy (non-hydrogen) atoms. The van der Waals surface area contributed by atoms with Gasteiger partial charge in [-0.25, -0.2) is 0 Å². The molecule has 0 radical (unpaired) electrons. The molecule has 2 aromatic carbocycles. The number of hydrogen-bond donors (Lipinski definition) is 1. The van der Waals surface area contributed by atoms with Crippen molar-refractivity contribution < 1.29 is 22.8 Å². The third-order valence-electron chi connectivity index (χ3n) is 5.95. The number of piperazine rings is 1. The lowest BCUT2D eigenvalue weighted by molar-refractivity contribution is -0.138. The maximum Gasteiger partial charge on any atom is 0.416 e. The van der Waals surface area contributed by atoms with E-state index in [-0.39, 0.29) is 23.2 Å². The van der Waals surface area contributed by atoms with E-state index in [0.717, 1.165) is 37.8 Å². The topological polar surface area (TPSA) is 55.9 Å². The molecule has 1 atom stereocenters. The molecule has 2 aromatic rings. The molecular formula is C24H28ClF3N4O2. The minimum absolute atomic E-state index is 0.000605. The maximum atomic E-state index is 13.0. The van der Waals surface area contributed by atoms with E-state index in [1.54, 1.807) is 23.8 Å². The molecule has 0 saturated carbocycles. The number of nitrogens with one attached hydrogen (secondary N) is 1. The second-order valence-corrected chi connectivity index (χ2v) is 8.82. The van der Waals surface area contributed by atoms with Gasteiger partial charge in [-0.2, -0.15) is 13.2 Å². The van der Waals surface area contributed by atoms with Crippen molar-refractivity contribution in [3.05, 3.63) is 64.7 Å². The van der Waals surface area contributed by atoms with Gasteiger partial charge in [-0.3, -0.25) is 19.4 Å². The van der Waals surface area contributed by atoms with Gasteiger partial charge in [0.25, 0.3) is 0 Å². The Kier molecular flexibility index (Phi) is 8.57. The summed E-state index contributed by atoms with van der Waals surface area (Å²) in [6.45, 7) is 5.15. The Hall–Kier alpha value is -2.62. The molecule has 0 unspecified atom stereocenters. The summed E-state index contributed by atoms with van der Waals surface area (Å²) in [6, 6.07) is 12.1. The molecule has 10 heteroatoms. The Bertz CT molecular complexity index is 995. The minimum Gasteiger partial charge on any atom is -0.339 e. The third kappa shape index (κ3) is 6.94. The number of amides is 2. The zero-order chi connectivity index (χ0) is 24.9. The smallest absolute Gasteiger partial charge is 0.339 e. The van der Waals surface area contributed by atoms with Crippen LogP contribution in [0.5, 0.6) is 0 Å². The number of nitrogens with zero attached hydrogens (tertiary/aromatic N) is 3. The fourth-order valence-electron chi connectivity index (χ4n) is 3.68. The van der Waals surface area contributed by atoms with Gasteiger partial charge in [0.05, 0.1) is 28.9 Å². The van der Waals surface area contributed by atoms with Crippen molar-refractivity contribution in [1.29, 1.82) is 0 Å². The van der Waals surface area contributed by atoms with Gasteiger partial charge in [0.1, 0.15) is 0 Å². The van der Waals surface area contributed by atoms with Crippen LogP contribution in [0.4, 0.5) is 18.9 Å². The number of likely N-dealkylation sites (N-methyl/N-ethyl adjacent to an activating group) is 1. The molecule has 1 aliphatic rings. The van der Waals surface area contributed by atoms with Gasteiger partial charge < -0.3 is 10.2 Å². The van der Waals surface area contributed by atoms with Crippen molar-refractivity contribution in [1.82, 2.24) is 14.7 Å². The van der Waals surface area contributed by atoms with Crippen LogP contribution in [-0.2, 0) is 22.3 Å². The lowest BCUT2D eigenvalue weighted by Gasteiger charge is -2.36. The Labute approximate surface area is 202 Å². The van der Waals surface area contributed by atoms with Crippen LogP contribution in [0.3, 0.4) is 0 Å². The molecule has 1 saturated heterocycles. The Morgan fingerprint density at radius 2 is 1.74 bits per heavy atom. The molecule has 0 aliphatic carbocycles. The summed E-state index contributed by atoms with van der Waals surface area (Å²) in [5.41, 5.74) is 0.195. The molecule has 1 aliphatic heterocycles. The highest BCUT2D eigenvalue weighted by Gasteiger charge is 2.31. The average Bonchev–Trinajstić information content (AvgIpc) is 2.80. The zero-order valence-electron chi connectivity index (χ0n) is 19.1. The summed E-state index contributed by atoms with van der Waals surface area (Å²) in [5.74, 6) is -0.650. The Morgan fingerprint density at radius 3 is 2.35 bits per heavy atom. The number of alkyl halides is 3. The molecule has 1 fully saturated rings. The van der Waals surface area contributed by atoms with E-state index in [4.69, 9.17) is 11.6 Å². The molecule has 0 spiro atoms. The lowest BCUT2D eigenvalue weighted by atomic mass is 10.1. The van der Waals surface area contributed by atoms with Crippen LogP contribution in [0.25, 0.3) is 0 Å². The van der Waals surface area contributed by atoms with Gasteiger partial charge >= 0.3 is 6.18 Å². The largest absolute Gasteiger partial charge is 0.416 e. The fourth-order valence-corrected chi connectivity index (χ4v) is 3.85. The molecule has 1 N–H and O–H groups in total. The first-order valence-electron chi connectivity index (χ1n) is 11.0. The SMILES string of the molecule is C[C@H](C(=O)Nc1cc(C(F)(F)F)ccc1Cl)N(C)CC(=O)N1CCN(Cc2ccccc2)CC1. The molecule has 2 amide bonds. The van der Waals surface area contributed by atoms with Crippen LogP contribution < -0.4 is 5.32 Å². The first-order chi connectivity index (χ1) is 16.0. The van der Waals surface area contributed by atoms with E-state index in [1.807, 2.05) is 18.2 Å². The van der Waals surface area contributed by atoms with Crippen LogP contribution >= 0.6 is 11.6 Å². The Morgan fingerprint density at radius 1 is 1.09 bits per heavy atom. The predicted molar refractivity (Wildman–Crippen MR) is 125 cm³/mol. The van der Waals surface area contributed by atoms with Crippen LogP contribution in [-0.4, -0.2) is 72.3 Å². The monoisotopic (exact) mass is 496 g/mol. The molecule has 0 bridgehead atoms. The summed E-state index contributed by atoms with van der Waals surface area (Å²) in [5, 5.41) is 2.44. The second-order valence-electron chi connectivity index (χ2n) is 8.42. The Balaban J connectivity index is 1.50. The highest BCUT2D eigenvalue weighted by atomic mass is 35.5. The van der Waals surface area contributed by atoms with Crippen molar-refractivity contribution in [2.24, 2.45) is 0 Å². The van der Waals surface area contributed by atoms with E-state index in [9.17, 15) is 22.8 Å². The van der Waals surface area contributed by atoms with Gasteiger partial charge in [0.15, 0.2) is 0 Å². The first kappa shape index (κ1) is 26.0. The second kappa shape index (κ2) is 11.2. The van der Waals surface area contributed by atoms with Gasteiger partial charge in [-0.05, 0) is 37.7 Å². The van der Waals surface area contributed by atoms with Gasteiger partial charge in [0.2, 0.25) is 11.8 Å². The number of anilines is 1. The van der Waals surface area contributed by atoms with Gasteiger partial charge in [-0.1, -0.05) is 41.9 Å². The van der Waals surface area contributed by atoms with Gasteiger partial charge in [0, 0.05) is 32.7 Å².